The van der Waals surface area contributed by atoms with Gasteiger partial charge in [0, 0.05) is 17.3 Å². The molecule has 2 rings (SSSR count). The van der Waals surface area contributed by atoms with Crippen LogP contribution in [-0.4, -0.2) is 22.3 Å². The summed E-state index contributed by atoms with van der Waals surface area (Å²) in [5, 5.41) is 10.2. The van der Waals surface area contributed by atoms with E-state index in [2.05, 4.69) is 15.5 Å². The van der Waals surface area contributed by atoms with Crippen molar-refractivity contribution < 1.29 is 4.79 Å². The van der Waals surface area contributed by atoms with Crippen LogP contribution < -0.4 is 10.2 Å². The Hall–Kier alpha value is -1.43. The Morgan fingerprint density at radius 1 is 1.29 bits per heavy atom. The molecule has 2 amide bonds. The van der Waals surface area contributed by atoms with Crippen LogP contribution in [0.4, 0.5) is 16.2 Å². The monoisotopic (exact) mass is 346 g/mol. The first-order valence-corrected chi connectivity index (χ1v) is 7.27. The zero-order valence-electron chi connectivity index (χ0n) is 11.3. The van der Waals surface area contributed by atoms with Gasteiger partial charge in [-0.2, -0.15) is 5.10 Å². The highest BCUT2D eigenvalue weighted by Gasteiger charge is 2.24. The molecule has 0 fully saturated rings. The van der Waals surface area contributed by atoms with Gasteiger partial charge in [-0.05, 0) is 26.0 Å². The number of carbonyl (C=O) groups excluding carboxylic acids is 1. The van der Waals surface area contributed by atoms with Crippen LogP contribution in [0.15, 0.2) is 24.5 Å². The topological polar surface area (TPSA) is 61.0 Å². The summed E-state index contributed by atoms with van der Waals surface area (Å²) in [5.74, 6) is 0. The molecule has 0 saturated carbocycles. The molecule has 0 unspecified atom stereocenters. The number of H-pyrrole nitrogens is 1. The van der Waals surface area contributed by atoms with Crippen molar-refractivity contribution in [3.8, 4) is 0 Å². The number of benzene rings is 1. The summed E-state index contributed by atoms with van der Waals surface area (Å²) in [4.78, 5) is 13.8. The van der Waals surface area contributed by atoms with Crippen molar-refractivity contribution in [2.75, 3.05) is 4.90 Å². The van der Waals surface area contributed by atoms with Crippen LogP contribution in [0.3, 0.4) is 0 Å². The molecular formula is C13H13Cl3N4O. The number of aromatic amines is 1. The number of carbonyl (C=O) groups is 1. The van der Waals surface area contributed by atoms with Gasteiger partial charge < -0.3 is 5.32 Å². The van der Waals surface area contributed by atoms with Crippen molar-refractivity contribution in [2.24, 2.45) is 0 Å². The number of urea groups is 1. The molecular weight excluding hydrogens is 335 g/mol. The largest absolute Gasteiger partial charge is 0.335 e. The first-order valence-electron chi connectivity index (χ1n) is 6.14. The van der Waals surface area contributed by atoms with E-state index in [0.29, 0.717) is 16.4 Å². The lowest BCUT2D eigenvalue weighted by molar-refractivity contribution is 0.246. The third kappa shape index (κ3) is 3.61. The molecule has 0 spiro atoms. The van der Waals surface area contributed by atoms with Gasteiger partial charge in [0.05, 0.1) is 27.6 Å². The van der Waals surface area contributed by atoms with E-state index in [1.54, 1.807) is 6.20 Å². The summed E-state index contributed by atoms with van der Waals surface area (Å²) in [5.41, 5.74) is 0.863. The molecule has 1 aromatic carbocycles. The molecule has 112 valence electrons. The van der Waals surface area contributed by atoms with E-state index >= 15 is 0 Å². The van der Waals surface area contributed by atoms with Crippen LogP contribution in [0.25, 0.3) is 0 Å². The van der Waals surface area contributed by atoms with Crippen LogP contribution in [-0.2, 0) is 0 Å². The van der Waals surface area contributed by atoms with Gasteiger partial charge >= 0.3 is 6.03 Å². The second kappa shape index (κ2) is 6.56. The van der Waals surface area contributed by atoms with E-state index in [9.17, 15) is 4.79 Å². The lowest BCUT2D eigenvalue weighted by Gasteiger charge is -2.25. The maximum atomic E-state index is 12.5. The highest BCUT2D eigenvalue weighted by molar-refractivity contribution is 6.42. The van der Waals surface area contributed by atoms with Gasteiger partial charge in [-0.15, -0.1) is 0 Å². The highest BCUT2D eigenvalue weighted by Crippen LogP contribution is 2.39. The summed E-state index contributed by atoms with van der Waals surface area (Å²) in [6, 6.07) is 2.65. The van der Waals surface area contributed by atoms with Crippen molar-refractivity contribution in [3.63, 3.8) is 0 Å². The van der Waals surface area contributed by atoms with E-state index in [1.165, 1.54) is 23.2 Å². The molecule has 1 heterocycles. The number of aromatic nitrogens is 2. The van der Waals surface area contributed by atoms with Crippen LogP contribution in [0, 0.1) is 0 Å². The van der Waals surface area contributed by atoms with Gasteiger partial charge in [-0.25, -0.2) is 4.79 Å². The van der Waals surface area contributed by atoms with E-state index in [4.69, 9.17) is 34.8 Å². The Labute approximate surface area is 137 Å². The lowest BCUT2D eigenvalue weighted by atomic mass is 10.2. The van der Waals surface area contributed by atoms with Crippen LogP contribution in [0.5, 0.6) is 0 Å². The number of nitrogens with one attached hydrogen (secondary N) is 2. The van der Waals surface area contributed by atoms with Gasteiger partial charge in [0.25, 0.3) is 0 Å². The smallest absolute Gasteiger partial charge is 0.326 e. The second-order valence-corrected chi connectivity index (χ2v) is 5.86. The first-order chi connectivity index (χ1) is 9.90. The molecule has 8 heteroatoms. The fourth-order valence-corrected chi connectivity index (χ4v) is 2.76. The average Bonchev–Trinajstić information content (AvgIpc) is 2.85. The molecule has 0 saturated heterocycles. The molecule has 1 aromatic heterocycles. The molecule has 0 aliphatic carbocycles. The minimum atomic E-state index is -0.363. The third-order valence-corrected chi connectivity index (χ3v) is 3.36. The number of hydrogen-bond donors (Lipinski definition) is 2. The Morgan fingerprint density at radius 2 is 1.90 bits per heavy atom. The van der Waals surface area contributed by atoms with Crippen molar-refractivity contribution >= 4 is 52.2 Å². The number of nitrogens with zero attached hydrogens (tertiary/aromatic N) is 2. The fourth-order valence-electron chi connectivity index (χ4n) is 1.77. The van der Waals surface area contributed by atoms with Gasteiger partial charge in [0.2, 0.25) is 0 Å². The average molecular weight is 348 g/mol. The normalized spacial score (nSPS) is 10.8. The predicted molar refractivity (Wildman–Crippen MR) is 85.9 cm³/mol. The van der Waals surface area contributed by atoms with E-state index in [-0.39, 0.29) is 22.1 Å². The number of amides is 2. The first kappa shape index (κ1) is 15.9. The molecule has 0 atom stereocenters. The van der Waals surface area contributed by atoms with Gasteiger partial charge in [0.15, 0.2) is 0 Å². The summed E-state index contributed by atoms with van der Waals surface area (Å²) >= 11 is 18.3. The molecule has 21 heavy (non-hydrogen) atoms. The summed E-state index contributed by atoms with van der Waals surface area (Å²) in [6.07, 6.45) is 3.07. The van der Waals surface area contributed by atoms with Gasteiger partial charge in [-0.1, -0.05) is 34.8 Å². The Balaban J connectivity index is 2.53. The minimum Gasteiger partial charge on any atom is -0.335 e. The molecule has 0 aliphatic rings. The van der Waals surface area contributed by atoms with Crippen molar-refractivity contribution in [1.82, 2.24) is 15.5 Å². The van der Waals surface area contributed by atoms with Crippen molar-refractivity contribution in [1.29, 1.82) is 0 Å². The fraction of sp³-hybridized carbons (Fsp3) is 0.231. The lowest BCUT2D eigenvalue weighted by Crippen LogP contribution is -2.40. The van der Waals surface area contributed by atoms with E-state index in [1.807, 2.05) is 13.8 Å². The zero-order valence-corrected chi connectivity index (χ0v) is 13.6. The summed E-state index contributed by atoms with van der Waals surface area (Å²) in [7, 11) is 0. The summed E-state index contributed by atoms with van der Waals surface area (Å²) in [6.45, 7) is 3.72. The number of anilines is 2. The van der Waals surface area contributed by atoms with Crippen LogP contribution in [0.2, 0.25) is 15.1 Å². The maximum absolute atomic E-state index is 12.5. The Bertz CT molecular complexity index is 620. The second-order valence-electron chi connectivity index (χ2n) is 4.61. The molecule has 0 radical (unpaired) electrons. The van der Waals surface area contributed by atoms with Crippen molar-refractivity contribution in [3.05, 3.63) is 39.6 Å². The molecule has 0 aliphatic heterocycles. The minimum absolute atomic E-state index is 0.0447. The number of rotatable bonds is 3. The Kier molecular flexibility index (Phi) is 4.98. The van der Waals surface area contributed by atoms with E-state index in [0.717, 1.165) is 0 Å². The Morgan fingerprint density at radius 3 is 2.38 bits per heavy atom. The molecule has 5 nitrogen and oxygen atoms in total. The molecule has 0 bridgehead atoms. The molecule has 2 aromatic rings. The van der Waals surface area contributed by atoms with Crippen LogP contribution in [0.1, 0.15) is 13.8 Å². The highest BCUT2D eigenvalue weighted by atomic mass is 35.5. The van der Waals surface area contributed by atoms with Crippen LogP contribution >= 0.6 is 34.8 Å². The zero-order chi connectivity index (χ0) is 15.6. The summed E-state index contributed by atoms with van der Waals surface area (Å²) < 4.78 is 0. The quantitative estimate of drug-likeness (QED) is 0.850. The number of halogens is 3. The van der Waals surface area contributed by atoms with Gasteiger partial charge in [-0.3, -0.25) is 10.00 Å². The maximum Gasteiger partial charge on any atom is 0.326 e. The SMILES string of the molecule is CC(C)NC(=O)N(c1cn[nH]c1)c1c(Cl)cc(Cl)cc1Cl. The third-order valence-electron chi connectivity index (χ3n) is 2.56. The molecule has 2 N–H and O–H groups in total. The number of hydrogen-bond acceptors (Lipinski definition) is 2. The predicted octanol–water partition coefficient (Wildman–Crippen LogP) is 4.63. The standard InChI is InChI=1S/C13H13Cl3N4O/c1-7(2)19-13(21)20(9-5-17-18-6-9)12-10(15)3-8(14)4-11(12)16/h3-7H,1-2H3,(H,17,18)(H,19,21). The van der Waals surface area contributed by atoms with Gasteiger partial charge in [0.1, 0.15) is 0 Å². The van der Waals surface area contributed by atoms with E-state index < -0.39 is 0 Å². The van der Waals surface area contributed by atoms with Crippen molar-refractivity contribution in [2.45, 2.75) is 19.9 Å².